The highest BCUT2D eigenvalue weighted by Crippen LogP contribution is 2.27. The summed E-state index contributed by atoms with van der Waals surface area (Å²) in [5, 5.41) is 12.5. The van der Waals surface area contributed by atoms with Crippen molar-refractivity contribution in [2.24, 2.45) is 0 Å². The van der Waals surface area contributed by atoms with Crippen molar-refractivity contribution in [1.82, 2.24) is 10.3 Å². The Morgan fingerprint density at radius 3 is 2.65 bits per heavy atom. The first-order valence-corrected chi connectivity index (χ1v) is 7.34. The number of aromatic nitrogens is 1. The van der Waals surface area contributed by atoms with Gasteiger partial charge in [0, 0.05) is 23.4 Å². The molecule has 2 N–H and O–H groups in total. The molecule has 0 aliphatic rings. The Kier molecular flexibility index (Phi) is 4.87. The fourth-order valence-electron chi connectivity index (χ4n) is 1.93. The number of hydrogen-bond acceptors (Lipinski definition) is 4. The van der Waals surface area contributed by atoms with Crippen LogP contribution in [0.2, 0.25) is 0 Å². The first kappa shape index (κ1) is 14.7. The van der Waals surface area contributed by atoms with Gasteiger partial charge in [0.2, 0.25) is 0 Å². The van der Waals surface area contributed by atoms with Crippen molar-refractivity contribution in [2.75, 3.05) is 13.1 Å². The van der Waals surface area contributed by atoms with E-state index in [2.05, 4.69) is 48.4 Å². The summed E-state index contributed by atoms with van der Waals surface area (Å²) in [5.74, 6) is -0.833. The van der Waals surface area contributed by atoms with E-state index in [1.807, 2.05) is 0 Å². The first-order valence-electron chi connectivity index (χ1n) is 6.52. The highest BCUT2D eigenvalue weighted by molar-refractivity contribution is 7.12. The van der Waals surface area contributed by atoms with Crippen LogP contribution in [0.1, 0.15) is 15.4 Å². The van der Waals surface area contributed by atoms with Crippen molar-refractivity contribution >= 4 is 17.3 Å². The predicted molar refractivity (Wildman–Crippen MR) is 81.2 cm³/mol. The SMILES string of the molecule is Cc1ccc(-c2nc(CCNCC(=O)O)sc2C)cc1. The van der Waals surface area contributed by atoms with E-state index in [-0.39, 0.29) is 6.54 Å². The maximum Gasteiger partial charge on any atom is 0.317 e. The highest BCUT2D eigenvalue weighted by Gasteiger charge is 2.09. The third-order valence-electron chi connectivity index (χ3n) is 2.96. The second-order valence-electron chi connectivity index (χ2n) is 4.70. The second kappa shape index (κ2) is 6.63. The van der Waals surface area contributed by atoms with Crippen LogP contribution in [0, 0.1) is 13.8 Å². The van der Waals surface area contributed by atoms with E-state index in [0.29, 0.717) is 6.54 Å². The molecule has 4 nitrogen and oxygen atoms in total. The first-order chi connectivity index (χ1) is 9.56. The van der Waals surface area contributed by atoms with Crippen molar-refractivity contribution in [3.63, 3.8) is 0 Å². The van der Waals surface area contributed by atoms with Crippen molar-refractivity contribution in [1.29, 1.82) is 0 Å². The molecule has 0 atom stereocenters. The molecule has 0 fully saturated rings. The largest absolute Gasteiger partial charge is 0.480 e. The molecule has 0 saturated carbocycles. The minimum absolute atomic E-state index is 0.00479. The monoisotopic (exact) mass is 290 g/mol. The van der Waals surface area contributed by atoms with Crippen molar-refractivity contribution < 1.29 is 9.90 Å². The molecule has 0 spiro atoms. The number of carboxylic acids is 1. The fraction of sp³-hybridized carbons (Fsp3) is 0.333. The molecular weight excluding hydrogens is 272 g/mol. The van der Waals surface area contributed by atoms with Gasteiger partial charge in [-0.1, -0.05) is 29.8 Å². The lowest BCUT2D eigenvalue weighted by Crippen LogP contribution is -2.24. The lowest BCUT2D eigenvalue weighted by atomic mass is 10.1. The maximum absolute atomic E-state index is 10.4. The molecule has 0 amide bonds. The number of carboxylic acid groups (broad SMARTS) is 1. The number of nitrogens with one attached hydrogen (secondary N) is 1. The predicted octanol–water partition coefficient (Wildman–Crippen LogP) is 2.64. The zero-order chi connectivity index (χ0) is 14.5. The molecule has 106 valence electrons. The molecule has 0 saturated heterocycles. The topological polar surface area (TPSA) is 62.2 Å². The number of benzene rings is 1. The van der Waals surface area contributed by atoms with E-state index < -0.39 is 5.97 Å². The number of hydrogen-bond donors (Lipinski definition) is 2. The molecule has 0 aliphatic carbocycles. The third kappa shape index (κ3) is 3.88. The standard InChI is InChI=1S/C15H18N2O2S/c1-10-3-5-12(6-4-10)15-11(2)20-13(17-15)7-8-16-9-14(18)19/h3-6,16H,7-9H2,1-2H3,(H,18,19). The van der Waals surface area contributed by atoms with Gasteiger partial charge >= 0.3 is 5.97 Å². The van der Waals surface area contributed by atoms with Gasteiger partial charge in [0.15, 0.2) is 0 Å². The number of nitrogens with zero attached hydrogens (tertiary/aromatic N) is 1. The number of thiazole rings is 1. The molecule has 1 heterocycles. The average molecular weight is 290 g/mol. The average Bonchev–Trinajstić information content (AvgIpc) is 2.77. The van der Waals surface area contributed by atoms with Crippen molar-refractivity contribution in [3.8, 4) is 11.3 Å². The summed E-state index contributed by atoms with van der Waals surface area (Å²) in [4.78, 5) is 16.3. The van der Waals surface area contributed by atoms with Crippen LogP contribution in [-0.2, 0) is 11.2 Å². The number of carbonyl (C=O) groups is 1. The quantitative estimate of drug-likeness (QED) is 0.803. The van der Waals surface area contributed by atoms with Crippen LogP contribution in [0.15, 0.2) is 24.3 Å². The van der Waals surface area contributed by atoms with Gasteiger partial charge in [-0.25, -0.2) is 4.98 Å². The Morgan fingerprint density at radius 1 is 1.30 bits per heavy atom. The zero-order valence-corrected chi connectivity index (χ0v) is 12.5. The van der Waals surface area contributed by atoms with Gasteiger partial charge in [0.05, 0.1) is 17.2 Å². The summed E-state index contributed by atoms with van der Waals surface area (Å²) in [6.45, 7) is 4.76. The van der Waals surface area contributed by atoms with Crippen LogP contribution < -0.4 is 5.32 Å². The molecular formula is C15H18N2O2S. The van der Waals surface area contributed by atoms with E-state index in [1.54, 1.807) is 11.3 Å². The van der Waals surface area contributed by atoms with Gasteiger partial charge in [-0.15, -0.1) is 11.3 Å². The number of aryl methyl sites for hydroxylation is 2. The highest BCUT2D eigenvalue weighted by atomic mass is 32.1. The molecule has 1 aromatic carbocycles. The van der Waals surface area contributed by atoms with Gasteiger partial charge in [-0.2, -0.15) is 0 Å². The molecule has 2 aromatic rings. The van der Waals surface area contributed by atoms with Crippen molar-refractivity contribution in [2.45, 2.75) is 20.3 Å². The molecule has 20 heavy (non-hydrogen) atoms. The summed E-state index contributed by atoms with van der Waals surface area (Å²) < 4.78 is 0. The summed E-state index contributed by atoms with van der Waals surface area (Å²) in [6.07, 6.45) is 0.755. The molecule has 1 aromatic heterocycles. The number of aliphatic carboxylic acids is 1. The van der Waals surface area contributed by atoms with Crippen LogP contribution in [-0.4, -0.2) is 29.1 Å². The fourth-order valence-corrected chi connectivity index (χ4v) is 2.88. The van der Waals surface area contributed by atoms with Gasteiger partial charge in [-0.05, 0) is 13.8 Å². The van der Waals surface area contributed by atoms with Crippen molar-refractivity contribution in [3.05, 3.63) is 39.7 Å². The van der Waals surface area contributed by atoms with Gasteiger partial charge in [0.1, 0.15) is 0 Å². The summed E-state index contributed by atoms with van der Waals surface area (Å²) in [6, 6.07) is 8.35. The zero-order valence-electron chi connectivity index (χ0n) is 11.6. The van der Waals surface area contributed by atoms with Gasteiger partial charge in [-0.3, -0.25) is 4.79 Å². The molecule has 5 heteroatoms. The van der Waals surface area contributed by atoms with Crippen LogP contribution in [0.3, 0.4) is 0 Å². The Bertz CT molecular complexity index is 590. The molecule has 2 rings (SSSR count). The third-order valence-corrected chi connectivity index (χ3v) is 3.99. The van der Waals surface area contributed by atoms with E-state index >= 15 is 0 Å². The smallest absolute Gasteiger partial charge is 0.317 e. The van der Waals surface area contributed by atoms with E-state index in [4.69, 9.17) is 5.11 Å². The summed E-state index contributed by atoms with van der Waals surface area (Å²) in [5.41, 5.74) is 3.40. The molecule has 0 unspecified atom stereocenters. The minimum Gasteiger partial charge on any atom is -0.480 e. The van der Waals surface area contributed by atoms with Crippen LogP contribution in [0.4, 0.5) is 0 Å². The van der Waals surface area contributed by atoms with E-state index in [0.717, 1.165) is 22.7 Å². The molecule has 0 aliphatic heterocycles. The van der Waals surface area contributed by atoms with Crippen LogP contribution >= 0.6 is 11.3 Å². The normalized spacial score (nSPS) is 10.7. The van der Waals surface area contributed by atoms with Crippen LogP contribution in [0.5, 0.6) is 0 Å². The summed E-state index contributed by atoms with van der Waals surface area (Å²) in [7, 11) is 0. The van der Waals surface area contributed by atoms with E-state index in [9.17, 15) is 4.79 Å². The number of rotatable bonds is 6. The Labute approximate surface area is 122 Å². The Morgan fingerprint density at radius 2 is 2.00 bits per heavy atom. The molecule has 0 bridgehead atoms. The Hall–Kier alpha value is -1.72. The minimum atomic E-state index is -0.833. The summed E-state index contributed by atoms with van der Waals surface area (Å²) >= 11 is 1.67. The second-order valence-corrected chi connectivity index (χ2v) is 5.99. The van der Waals surface area contributed by atoms with Gasteiger partial charge < -0.3 is 10.4 Å². The maximum atomic E-state index is 10.4. The van der Waals surface area contributed by atoms with Gasteiger partial charge in [0.25, 0.3) is 0 Å². The van der Waals surface area contributed by atoms with Crippen LogP contribution in [0.25, 0.3) is 11.3 Å². The van der Waals surface area contributed by atoms with E-state index in [1.165, 1.54) is 10.4 Å². The molecule has 0 radical (unpaired) electrons. The Balaban J connectivity index is 2.02. The lowest BCUT2D eigenvalue weighted by molar-refractivity contribution is -0.135. The lowest BCUT2D eigenvalue weighted by Gasteiger charge is -2.00.